The van der Waals surface area contributed by atoms with Crippen molar-refractivity contribution in [3.8, 4) is 0 Å². The van der Waals surface area contributed by atoms with Gasteiger partial charge in [0.1, 0.15) is 5.82 Å². The number of thiophene rings is 1. The molecule has 2 aromatic rings. The number of aromatic nitrogens is 2. The third-order valence-electron chi connectivity index (χ3n) is 4.26. The largest absolute Gasteiger partial charge is 0.310 e. The van der Waals surface area contributed by atoms with E-state index >= 15 is 0 Å². The van der Waals surface area contributed by atoms with Crippen LogP contribution >= 0.6 is 11.3 Å². The van der Waals surface area contributed by atoms with Gasteiger partial charge in [-0.25, -0.2) is 4.68 Å². The van der Waals surface area contributed by atoms with Crippen molar-refractivity contribution in [3.05, 3.63) is 34.7 Å². The fraction of sp³-hybridized carbons (Fsp3) is 0.500. The van der Waals surface area contributed by atoms with Crippen LogP contribution in [-0.4, -0.2) is 40.2 Å². The average molecular weight is 318 g/mol. The SMILES string of the molecule is C[C@@H](C1CC1)N(C)CC(=O)Nc1ccnn1Cc1cccs1. The highest BCUT2D eigenvalue weighted by molar-refractivity contribution is 7.09. The van der Waals surface area contributed by atoms with E-state index in [0.717, 1.165) is 11.7 Å². The summed E-state index contributed by atoms with van der Waals surface area (Å²) >= 11 is 1.69. The Hall–Kier alpha value is -1.66. The van der Waals surface area contributed by atoms with Crippen molar-refractivity contribution < 1.29 is 4.79 Å². The summed E-state index contributed by atoms with van der Waals surface area (Å²) in [6.45, 7) is 3.31. The molecule has 22 heavy (non-hydrogen) atoms. The highest BCUT2D eigenvalue weighted by atomic mass is 32.1. The fourth-order valence-electron chi connectivity index (χ4n) is 2.61. The zero-order chi connectivity index (χ0) is 15.5. The number of carbonyl (C=O) groups excluding carboxylic acids is 1. The predicted octanol–water partition coefficient (Wildman–Crippen LogP) is 2.66. The molecule has 3 rings (SSSR count). The number of likely N-dealkylation sites (N-methyl/N-ethyl adjacent to an activating group) is 1. The first-order valence-corrected chi connectivity index (χ1v) is 8.55. The van der Waals surface area contributed by atoms with E-state index in [1.165, 1.54) is 17.7 Å². The maximum absolute atomic E-state index is 12.2. The molecule has 0 unspecified atom stereocenters. The van der Waals surface area contributed by atoms with Gasteiger partial charge in [0.05, 0.1) is 19.3 Å². The number of anilines is 1. The van der Waals surface area contributed by atoms with Gasteiger partial charge < -0.3 is 5.32 Å². The van der Waals surface area contributed by atoms with Gasteiger partial charge in [-0.2, -0.15) is 5.10 Å². The number of hydrogen-bond acceptors (Lipinski definition) is 4. The third kappa shape index (κ3) is 3.75. The van der Waals surface area contributed by atoms with Gasteiger partial charge in [-0.1, -0.05) is 6.07 Å². The first-order chi connectivity index (χ1) is 10.6. The number of amides is 1. The molecule has 0 aliphatic heterocycles. The molecule has 1 saturated carbocycles. The van der Waals surface area contributed by atoms with Gasteiger partial charge >= 0.3 is 0 Å². The molecule has 2 aromatic heterocycles. The Kier molecular flexibility index (Phi) is 4.59. The maximum atomic E-state index is 12.2. The van der Waals surface area contributed by atoms with Crippen molar-refractivity contribution in [2.24, 2.45) is 5.92 Å². The van der Waals surface area contributed by atoms with Crippen molar-refractivity contribution in [1.82, 2.24) is 14.7 Å². The van der Waals surface area contributed by atoms with E-state index in [0.29, 0.717) is 19.1 Å². The zero-order valence-corrected chi connectivity index (χ0v) is 13.8. The predicted molar refractivity (Wildman–Crippen MR) is 89.1 cm³/mol. The first-order valence-electron chi connectivity index (χ1n) is 7.68. The Morgan fingerprint density at radius 2 is 2.36 bits per heavy atom. The van der Waals surface area contributed by atoms with Crippen LogP contribution in [-0.2, 0) is 11.3 Å². The lowest BCUT2D eigenvalue weighted by atomic mass is 10.2. The fourth-order valence-corrected chi connectivity index (χ4v) is 3.29. The van der Waals surface area contributed by atoms with Crippen LogP contribution in [0.4, 0.5) is 5.82 Å². The number of nitrogens with one attached hydrogen (secondary N) is 1. The minimum atomic E-state index is 0.0166. The van der Waals surface area contributed by atoms with Crippen LogP contribution in [0.15, 0.2) is 29.8 Å². The van der Waals surface area contributed by atoms with Crippen LogP contribution in [0.25, 0.3) is 0 Å². The summed E-state index contributed by atoms with van der Waals surface area (Å²) in [5.74, 6) is 1.54. The van der Waals surface area contributed by atoms with Crippen LogP contribution in [0.2, 0.25) is 0 Å². The molecule has 118 valence electrons. The van der Waals surface area contributed by atoms with Gasteiger partial charge in [0.2, 0.25) is 5.91 Å². The summed E-state index contributed by atoms with van der Waals surface area (Å²) in [6, 6.07) is 6.41. The molecule has 1 amide bonds. The van der Waals surface area contributed by atoms with Crippen LogP contribution in [0, 0.1) is 5.92 Å². The van der Waals surface area contributed by atoms with E-state index in [1.54, 1.807) is 17.5 Å². The Morgan fingerprint density at radius 1 is 1.55 bits per heavy atom. The van der Waals surface area contributed by atoms with E-state index < -0.39 is 0 Å². The molecule has 1 N–H and O–H groups in total. The molecule has 1 aliphatic carbocycles. The van der Waals surface area contributed by atoms with Gasteiger partial charge in [-0.15, -0.1) is 11.3 Å². The lowest BCUT2D eigenvalue weighted by Gasteiger charge is -2.23. The summed E-state index contributed by atoms with van der Waals surface area (Å²) < 4.78 is 1.83. The monoisotopic (exact) mass is 318 g/mol. The van der Waals surface area contributed by atoms with Gasteiger partial charge in [0, 0.05) is 17.0 Å². The van der Waals surface area contributed by atoms with Crippen molar-refractivity contribution in [1.29, 1.82) is 0 Å². The third-order valence-corrected chi connectivity index (χ3v) is 5.12. The summed E-state index contributed by atoms with van der Waals surface area (Å²) in [6.07, 6.45) is 4.31. The molecule has 0 bridgehead atoms. The van der Waals surface area contributed by atoms with Crippen LogP contribution < -0.4 is 5.32 Å². The molecule has 2 heterocycles. The second kappa shape index (κ2) is 6.62. The number of nitrogens with zero attached hydrogens (tertiary/aromatic N) is 3. The summed E-state index contributed by atoms with van der Waals surface area (Å²) in [5, 5.41) is 9.31. The lowest BCUT2D eigenvalue weighted by molar-refractivity contribution is -0.117. The summed E-state index contributed by atoms with van der Waals surface area (Å²) in [5.41, 5.74) is 0. The minimum Gasteiger partial charge on any atom is -0.310 e. The smallest absolute Gasteiger partial charge is 0.239 e. The zero-order valence-electron chi connectivity index (χ0n) is 13.0. The number of rotatable bonds is 7. The van der Waals surface area contributed by atoms with Gasteiger partial charge in [0.15, 0.2) is 0 Å². The van der Waals surface area contributed by atoms with Crippen LogP contribution in [0.1, 0.15) is 24.6 Å². The second-order valence-electron chi connectivity index (χ2n) is 5.99. The topological polar surface area (TPSA) is 50.2 Å². The first kappa shape index (κ1) is 15.2. The second-order valence-corrected chi connectivity index (χ2v) is 7.03. The standard InChI is InChI=1S/C16H22N4OS/c1-12(13-5-6-13)19(2)11-16(21)18-15-7-8-17-20(15)10-14-4-3-9-22-14/h3-4,7-9,12-13H,5-6,10-11H2,1-2H3,(H,18,21)/t12-/m0/s1. The Bertz CT molecular complexity index is 618. The number of hydrogen-bond donors (Lipinski definition) is 1. The highest BCUT2D eigenvalue weighted by Gasteiger charge is 2.31. The van der Waals surface area contributed by atoms with Crippen molar-refractivity contribution >= 4 is 23.1 Å². The van der Waals surface area contributed by atoms with E-state index in [-0.39, 0.29) is 5.91 Å². The summed E-state index contributed by atoms with van der Waals surface area (Å²) in [4.78, 5) is 15.6. The molecular formula is C16H22N4OS. The molecule has 1 fully saturated rings. The summed E-state index contributed by atoms with van der Waals surface area (Å²) in [7, 11) is 2.02. The van der Waals surface area contributed by atoms with Crippen molar-refractivity contribution in [2.75, 3.05) is 18.9 Å². The Labute approximate surface area is 134 Å². The van der Waals surface area contributed by atoms with Crippen LogP contribution in [0.3, 0.4) is 0 Å². The molecule has 0 aromatic carbocycles. The highest BCUT2D eigenvalue weighted by Crippen LogP contribution is 2.34. The Morgan fingerprint density at radius 3 is 3.05 bits per heavy atom. The van der Waals surface area contributed by atoms with E-state index in [4.69, 9.17) is 0 Å². The molecule has 1 aliphatic rings. The quantitative estimate of drug-likeness (QED) is 0.854. The van der Waals surface area contributed by atoms with E-state index in [9.17, 15) is 4.79 Å². The molecule has 5 nitrogen and oxygen atoms in total. The van der Waals surface area contributed by atoms with Crippen molar-refractivity contribution in [2.45, 2.75) is 32.4 Å². The Balaban J connectivity index is 1.56. The van der Waals surface area contributed by atoms with E-state index in [1.807, 2.05) is 29.2 Å². The van der Waals surface area contributed by atoms with Crippen LogP contribution in [0.5, 0.6) is 0 Å². The number of carbonyl (C=O) groups is 1. The normalized spacial score (nSPS) is 16.0. The molecule has 1 atom stereocenters. The van der Waals surface area contributed by atoms with Gasteiger partial charge in [0.25, 0.3) is 0 Å². The van der Waals surface area contributed by atoms with Gasteiger partial charge in [-0.05, 0) is 44.2 Å². The molecule has 0 spiro atoms. The van der Waals surface area contributed by atoms with E-state index in [2.05, 4.69) is 28.3 Å². The van der Waals surface area contributed by atoms with Gasteiger partial charge in [-0.3, -0.25) is 9.69 Å². The molecule has 0 radical (unpaired) electrons. The lowest BCUT2D eigenvalue weighted by Crippen LogP contribution is -2.37. The maximum Gasteiger partial charge on any atom is 0.239 e. The minimum absolute atomic E-state index is 0.0166. The molecular weight excluding hydrogens is 296 g/mol. The molecule has 6 heteroatoms. The van der Waals surface area contributed by atoms with Crippen molar-refractivity contribution in [3.63, 3.8) is 0 Å². The average Bonchev–Trinajstić information content (AvgIpc) is 3.05. The molecule has 0 saturated heterocycles.